The summed E-state index contributed by atoms with van der Waals surface area (Å²) in [5, 5.41) is 16.2. The van der Waals surface area contributed by atoms with E-state index in [-0.39, 0.29) is 0 Å². The first-order chi connectivity index (χ1) is 11.8. The van der Waals surface area contributed by atoms with Crippen LogP contribution in [-0.4, -0.2) is 18.4 Å². The van der Waals surface area contributed by atoms with Crippen LogP contribution in [0.5, 0.6) is 11.5 Å². The highest BCUT2D eigenvalue weighted by molar-refractivity contribution is 5.81. The molecule has 122 valence electrons. The lowest BCUT2D eigenvalue weighted by atomic mass is 10.0. The molecule has 0 saturated carbocycles. The van der Waals surface area contributed by atoms with Crippen LogP contribution in [0.3, 0.4) is 0 Å². The van der Waals surface area contributed by atoms with E-state index in [4.69, 9.17) is 14.1 Å². The second-order valence-corrected chi connectivity index (χ2v) is 5.52. The predicted molar refractivity (Wildman–Crippen MR) is 86.6 cm³/mol. The Morgan fingerprint density at radius 1 is 0.833 bits per heavy atom. The van der Waals surface area contributed by atoms with Crippen molar-refractivity contribution in [3.8, 4) is 34.0 Å². The van der Waals surface area contributed by atoms with Crippen LogP contribution in [-0.2, 0) is 0 Å². The Kier molecular flexibility index (Phi) is 3.78. The van der Waals surface area contributed by atoms with Crippen LogP contribution in [0.15, 0.2) is 53.2 Å². The van der Waals surface area contributed by atoms with Gasteiger partial charge in [0.25, 0.3) is 5.69 Å². The fourth-order valence-corrected chi connectivity index (χ4v) is 2.80. The third-order valence-corrected chi connectivity index (χ3v) is 3.95. The first-order valence-electron chi connectivity index (χ1n) is 7.89. The molecule has 1 aliphatic heterocycles. The molecule has 4 rings (SSSR count). The largest absolute Gasteiger partial charge is 0.493 e. The lowest BCUT2D eigenvalue weighted by Gasteiger charge is -2.13. The smallest absolute Gasteiger partial charge is 0.260 e. The van der Waals surface area contributed by atoms with E-state index in [0.717, 1.165) is 18.4 Å². The fraction of sp³-hybridized carbons (Fsp3) is 0.222. The van der Waals surface area contributed by atoms with Crippen molar-refractivity contribution in [1.29, 1.82) is 0 Å². The summed E-state index contributed by atoms with van der Waals surface area (Å²) in [7, 11) is 0. The monoisotopic (exact) mass is 324 g/mol. The van der Waals surface area contributed by atoms with E-state index < -0.39 is 0 Å². The molecule has 1 aromatic heterocycles. The van der Waals surface area contributed by atoms with E-state index in [1.54, 1.807) is 0 Å². The van der Waals surface area contributed by atoms with E-state index >= 15 is 0 Å². The third kappa shape index (κ3) is 2.56. The van der Waals surface area contributed by atoms with Gasteiger partial charge in [-0.15, -0.1) is 0 Å². The van der Waals surface area contributed by atoms with Crippen LogP contribution in [0.25, 0.3) is 22.5 Å². The highest BCUT2D eigenvalue weighted by atomic mass is 16.8. The molecule has 0 amide bonds. The van der Waals surface area contributed by atoms with Gasteiger partial charge in [-0.3, -0.25) is 4.63 Å². The lowest BCUT2D eigenvalue weighted by molar-refractivity contribution is -0.793. The molecule has 6 nitrogen and oxygen atoms in total. The van der Waals surface area contributed by atoms with Gasteiger partial charge in [-0.25, -0.2) is 0 Å². The summed E-state index contributed by atoms with van der Waals surface area (Å²) in [5.74, 6) is 1.33. The van der Waals surface area contributed by atoms with E-state index in [1.807, 2.05) is 48.5 Å². The van der Waals surface area contributed by atoms with E-state index in [0.29, 0.717) is 46.6 Å². The van der Waals surface area contributed by atoms with Gasteiger partial charge < -0.3 is 14.7 Å². The molecule has 3 aromatic rings. The molecule has 0 bridgehead atoms. The molecule has 1 aliphatic rings. The maximum absolute atomic E-state index is 12.2. The first-order valence-corrected chi connectivity index (χ1v) is 7.89. The zero-order chi connectivity index (χ0) is 16.4. The lowest BCUT2D eigenvalue weighted by Crippen LogP contribution is -2.25. The van der Waals surface area contributed by atoms with Gasteiger partial charge in [-0.1, -0.05) is 24.3 Å². The van der Waals surface area contributed by atoms with Gasteiger partial charge in [-0.2, -0.15) is 0 Å². The third-order valence-electron chi connectivity index (χ3n) is 3.95. The van der Waals surface area contributed by atoms with Crippen LogP contribution < -0.4 is 14.4 Å². The summed E-state index contributed by atoms with van der Waals surface area (Å²) >= 11 is 0. The van der Waals surface area contributed by atoms with E-state index in [1.165, 1.54) is 0 Å². The summed E-state index contributed by atoms with van der Waals surface area (Å²) in [6.07, 6.45) is 1.74. The van der Waals surface area contributed by atoms with E-state index in [9.17, 15) is 5.21 Å². The number of para-hydroxylation sites is 2. The molecule has 0 saturated heterocycles. The highest BCUT2D eigenvalue weighted by Crippen LogP contribution is 2.38. The average molecular weight is 324 g/mol. The summed E-state index contributed by atoms with van der Waals surface area (Å²) < 4.78 is 16.6. The zero-order valence-electron chi connectivity index (χ0n) is 13.0. The molecule has 0 N–H and O–H groups in total. The molecule has 0 fully saturated rings. The molecule has 0 aliphatic carbocycles. The Morgan fingerprint density at radius 3 is 2.12 bits per heavy atom. The molecular formula is C18H16N2O4. The van der Waals surface area contributed by atoms with Gasteiger partial charge in [0.2, 0.25) is 5.69 Å². The van der Waals surface area contributed by atoms with Crippen LogP contribution >= 0.6 is 0 Å². The van der Waals surface area contributed by atoms with Crippen molar-refractivity contribution in [2.45, 2.75) is 12.8 Å². The maximum atomic E-state index is 12.2. The number of ether oxygens (including phenoxy) is 2. The fourth-order valence-electron chi connectivity index (χ4n) is 2.80. The van der Waals surface area contributed by atoms with Crippen molar-refractivity contribution in [3.63, 3.8) is 0 Å². The molecule has 0 spiro atoms. The van der Waals surface area contributed by atoms with Gasteiger partial charge in [-0.05, 0) is 42.0 Å². The second-order valence-electron chi connectivity index (χ2n) is 5.52. The molecule has 2 aromatic carbocycles. The van der Waals surface area contributed by atoms with Crippen molar-refractivity contribution in [1.82, 2.24) is 5.16 Å². The number of rotatable bonds is 0. The van der Waals surface area contributed by atoms with Crippen LogP contribution in [0, 0.1) is 5.21 Å². The SMILES string of the molecule is [O-][n+]1onc2c1-c1ccccc1OCCCCOc1ccccc1-2. The summed E-state index contributed by atoms with van der Waals surface area (Å²) in [5.41, 5.74) is 2.14. The summed E-state index contributed by atoms with van der Waals surface area (Å²) in [6, 6.07) is 14.9. The molecule has 24 heavy (non-hydrogen) atoms. The van der Waals surface area contributed by atoms with Crippen LogP contribution in [0.4, 0.5) is 0 Å². The minimum Gasteiger partial charge on any atom is -0.493 e. The highest BCUT2D eigenvalue weighted by Gasteiger charge is 2.28. The van der Waals surface area contributed by atoms with Gasteiger partial charge >= 0.3 is 0 Å². The second kappa shape index (κ2) is 6.23. The Balaban J connectivity index is 1.95. The first kappa shape index (κ1) is 14.6. The molecule has 0 radical (unpaired) electrons. The topological polar surface area (TPSA) is 71.4 Å². The predicted octanol–water partition coefficient (Wildman–Crippen LogP) is 3.19. The van der Waals surface area contributed by atoms with Crippen molar-refractivity contribution in [2.24, 2.45) is 0 Å². The van der Waals surface area contributed by atoms with Crippen molar-refractivity contribution in [2.75, 3.05) is 13.2 Å². The van der Waals surface area contributed by atoms with Crippen LogP contribution in [0.2, 0.25) is 0 Å². The number of nitrogens with zero attached hydrogens (tertiary/aromatic N) is 2. The molecule has 0 unspecified atom stereocenters. The number of fused-ring (bicyclic) bond motifs is 5. The Bertz CT molecular complexity index is 860. The van der Waals surface area contributed by atoms with Crippen LogP contribution in [0.1, 0.15) is 12.8 Å². The minimum absolute atomic E-state index is 0.322. The summed E-state index contributed by atoms with van der Waals surface area (Å²) in [6.45, 7) is 1.13. The number of aromatic nitrogens is 2. The maximum Gasteiger partial charge on any atom is 0.260 e. The molecule has 0 atom stereocenters. The summed E-state index contributed by atoms with van der Waals surface area (Å²) in [4.78, 5) is 0.417. The van der Waals surface area contributed by atoms with Gasteiger partial charge in [0.15, 0.2) is 0 Å². The number of hydrogen-bond donors (Lipinski definition) is 0. The molecule has 6 heteroatoms. The van der Waals surface area contributed by atoms with E-state index in [2.05, 4.69) is 5.16 Å². The zero-order valence-corrected chi connectivity index (χ0v) is 13.0. The number of benzene rings is 2. The van der Waals surface area contributed by atoms with Gasteiger partial charge in [0.05, 0.1) is 24.3 Å². The van der Waals surface area contributed by atoms with Crippen molar-refractivity contribution in [3.05, 3.63) is 53.7 Å². The Labute approximate surface area is 138 Å². The molecular weight excluding hydrogens is 308 g/mol. The van der Waals surface area contributed by atoms with Crippen molar-refractivity contribution < 1.29 is 19.0 Å². The standard InChI is InChI=1S/C18H16N2O4/c21-20-18-14-8-2-4-10-16(14)23-12-6-5-11-22-15-9-3-1-7-13(15)17(18)19-24-20/h1-4,7-10H,5-6,11-12H2. The Hall–Kier alpha value is -3.02. The molecule has 2 heterocycles. The Morgan fingerprint density at radius 2 is 1.42 bits per heavy atom. The van der Waals surface area contributed by atoms with Gasteiger partial charge in [0, 0.05) is 5.16 Å². The van der Waals surface area contributed by atoms with Crippen molar-refractivity contribution >= 4 is 0 Å². The minimum atomic E-state index is 0.322. The normalized spacial score (nSPS) is 14.0. The number of hydrogen-bond acceptors (Lipinski definition) is 5. The quantitative estimate of drug-likeness (QED) is 0.594. The van der Waals surface area contributed by atoms with Gasteiger partial charge in [0.1, 0.15) is 11.5 Å². The average Bonchev–Trinajstić information content (AvgIpc) is 2.99.